The summed E-state index contributed by atoms with van der Waals surface area (Å²) in [6.07, 6.45) is 2.78. The number of anilines is 1. The normalized spacial score (nSPS) is 15.8. The Kier molecular flexibility index (Phi) is 4.42. The number of carbonyl (C=O) groups excluding carboxylic acids is 1. The zero-order chi connectivity index (χ0) is 20.7. The van der Waals surface area contributed by atoms with Gasteiger partial charge in [0.25, 0.3) is 0 Å². The van der Waals surface area contributed by atoms with Crippen LogP contribution in [0.4, 0.5) is 5.82 Å². The van der Waals surface area contributed by atoms with Crippen molar-refractivity contribution >= 4 is 17.4 Å². The molecule has 4 heterocycles. The minimum Gasteiger partial charge on any atom is -0.493 e. The number of rotatable bonds is 5. The molecule has 1 aliphatic heterocycles. The Hall–Kier alpha value is -3.75. The monoisotopic (exact) mass is 403 g/mol. The molecule has 1 aromatic carbocycles. The van der Waals surface area contributed by atoms with Crippen molar-refractivity contribution < 1.29 is 9.53 Å². The molecular formula is C21H21N7O2. The first-order valence-electron chi connectivity index (χ1n) is 9.94. The lowest BCUT2D eigenvalue weighted by atomic mass is 9.85. The molecule has 9 heteroatoms. The molecule has 0 aliphatic carbocycles. The SMILES string of the molecule is CCCOc1ccccc1[C@@H]1CC(=O)Nc2c1c(C)nn2-c1ccc2nncn2n1. The summed E-state index contributed by atoms with van der Waals surface area (Å²) in [7, 11) is 0. The van der Waals surface area contributed by atoms with Crippen molar-refractivity contribution in [2.24, 2.45) is 0 Å². The Bertz CT molecular complexity index is 1240. The summed E-state index contributed by atoms with van der Waals surface area (Å²) < 4.78 is 9.22. The van der Waals surface area contributed by atoms with Crippen molar-refractivity contribution in [3.05, 3.63) is 59.5 Å². The summed E-state index contributed by atoms with van der Waals surface area (Å²) in [6.45, 7) is 4.65. The molecule has 0 saturated heterocycles. The lowest BCUT2D eigenvalue weighted by Gasteiger charge is -2.25. The zero-order valence-electron chi connectivity index (χ0n) is 16.7. The van der Waals surface area contributed by atoms with Crippen molar-refractivity contribution in [2.75, 3.05) is 11.9 Å². The maximum Gasteiger partial charge on any atom is 0.226 e. The Morgan fingerprint density at radius 2 is 2.07 bits per heavy atom. The second kappa shape index (κ2) is 7.25. The Morgan fingerprint density at radius 1 is 1.20 bits per heavy atom. The molecule has 1 aliphatic rings. The Balaban J connectivity index is 1.64. The molecule has 9 nitrogen and oxygen atoms in total. The van der Waals surface area contributed by atoms with Gasteiger partial charge in [-0.15, -0.1) is 15.3 Å². The van der Waals surface area contributed by atoms with Gasteiger partial charge in [-0.1, -0.05) is 25.1 Å². The number of para-hydroxylation sites is 1. The van der Waals surface area contributed by atoms with Gasteiger partial charge < -0.3 is 10.1 Å². The highest BCUT2D eigenvalue weighted by atomic mass is 16.5. The van der Waals surface area contributed by atoms with Crippen LogP contribution in [0.3, 0.4) is 0 Å². The number of fused-ring (bicyclic) bond motifs is 2. The van der Waals surface area contributed by atoms with E-state index in [1.54, 1.807) is 9.20 Å². The fourth-order valence-electron chi connectivity index (χ4n) is 3.92. The highest BCUT2D eigenvalue weighted by Crippen LogP contribution is 2.42. The molecule has 152 valence electrons. The van der Waals surface area contributed by atoms with Crippen molar-refractivity contribution in [2.45, 2.75) is 32.6 Å². The average molecular weight is 403 g/mol. The molecule has 3 aromatic heterocycles. The number of hydrogen-bond acceptors (Lipinski definition) is 6. The molecule has 0 radical (unpaired) electrons. The smallest absolute Gasteiger partial charge is 0.226 e. The largest absolute Gasteiger partial charge is 0.493 e. The molecule has 0 unspecified atom stereocenters. The van der Waals surface area contributed by atoms with E-state index in [0.717, 1.165) is 29.0 Å². The fraction of sp³-hybridized carbons (Fsp3) is 0.286. The van der Waals surface area contributed by atoms with E-state index >= 15 is 0 Å². The van der Waals surface area contributed by atoms with Gasteiger partial charge >= 0.3 is 0 Å². The predicted octanol–water partition coefficient (Wildman–Crippen LogP) is 2.88. The number of nitrogens with zero attached hydrogens (tertiary/aromatic N) is 6. The van der Waals surface area contributed by atoms with Crippen LogP contribution in [0.25, 0.3) is 11.5 Å². The number of amides is 1. The van der Waals surface area contributed by atoms with Gasteiger partial charge in [-0.25, -0.2) is 0 Å². The maximum absolute atomic E-state index is 12.7. The number of aryl methyl sites for hydroxylation is 1. The minimum absolute atomic E-state index is 0.0654. The quantitative estimate of drug-likeness (QED) is 0.550. The number of ether oxygens (including phenoxy) is 1. The van der Waals surface area contributed by atoms with Crippen molar-refractivity contribution in [3.8, 4) is 11.6 Å². The van der Waals surface area contributed by atoms with E-state index < -0.39 is 0 Å². The van der Waals surface area contributed by atoms with Crippen LogP contribution >= 0.6 is 0 Å². The number of benzene rings is 1. The van der Waals surface area contributed by atoms with Crippen LogP contribution in [0, 0.1) is 6.92 Å². The van der Waals surface area contributed by atoms with Crippen LogP contribution in [0.15, 0.2) is 42.7 Å². The Morgan fingerprint density at radius 3 is 2.93 bits per heavy atom. The standard InChI is InChI=1S/C21H21N7O2/c1-3-10-30-16-7-5-4-6-14(16)15-11-19(29)23-21-20(15)13(2)25-28(21)18-9-8-17-24-22-12-27(17)26-18/h4-9,12,15H,3,10-11H2,1-2H3,(H,23,29)/t15-/m0/s1. The maximum atomic E-state index is 12.7. The van der Waals surface area contributed by atoms with E-state index in [2.05, 4.69) is 27.5 Å². The van der Waals surface area contributed by atoms with Gasteiger partial charge in [-0.2, -0.15) is 14.3 Å². The third kappa shape index (κ3) is 2.99. The van der Waals surface area contributed by atoms with E-state index in [-0.39, 0.29) is 11.8 Å². The molecule has 0 bridgehead atoms. The molecule has 1 N–H and O–H groups in total. The third-order valence-corrected chi connectivity index (χ3v) is 5.22. The Labute approximate surface area is 172 Å². The van der Waals surface area contributed by atoms with E-state index in [9.17, 15) is 4.79 Å². The van der Waals surface area contributed by atoms with Crippen molar-refractivity contribution in [3.63, 3.8) is 0 Å². The van der Waals surface area contributed by atoms with Crippen LogP contribution in [-0.4, -0.2) is 42.1 Å². The first-order valence-corrected chi connectivity index (χ1v) is 9.94. The van der Waals surface area contributed by atoms with Gasteiger partial charge in [0.1, 0.15) is 17.9 Å². The summed E-state index contributed by atoms with van der Waals surface area (Å²) in [5.74, 6) is 1.81. The first-order chi connectivity index (χ1) is 14.7. The highest BCUT2D eigenvalue weighted by molar-refractivity contribution is 5.95. The van der Waals surface area contributed by atoms with Crippen LogP contribution in [-0.2, 0) is 4.79 Å². The van der Waals surface area contributed by atoms with E-state index in [1.165, 1.54) is 6.33 Å². The van der Waals surface area contributed by atoms with Crippen LogP contribution in [0.1, 0.15) is 42.5 Å². The molecular weight excluding hydrogens is 382 g/mol. The lowest BCUT2D eigenvalue weighted by molar-refractivity contribution is -0.116. The summed E-state index contributed by atoms with van der Waals surface area (Å²) in [6, 6.07) is 11.5. The van der Waals surface area contributed by atoms with Gasteiger partial charge in [0.2, 0.25) is 5.91 Å². The molecule has 1 amide bonds. The van der Waals surface area contributed by atoms with Crippen LogP contribution in [0.5, 0.6) is 5.75 Å². The number of nitrogens with one attached hydrogen (secondary N) is 1. The first kappa shape index (κ1) is 18.3. The lowest BCUT2D eigenvalue weighted by Crippen LogP contribution is -2.25. The summed E-state index contributed by atoms with van der Waals surface area (Å²) >= 11 is 0. The van der Waals surface area contributed by atoms with Gasteiger partial charge in [-0.05, 0) is 31.5 Å². The average Bonchev–Trinajstić information content (AvgIpc) is 3.35. The molecule has 30 heavy (non-hydrogen) atoms. The zero-order valence-corrected chi connectivity index (χ0v) is 16.7. The minimum atomic E-state index is -0.144. The second-order valence-electron chi connectivity index (χ2n) is 7.28. The number of aromatic nitrogens is 6. The van der Waals surface area contributed by atoms with Gasteiger partial charge in [0.15, 0.2) is 11.5 Å². The molecule has 1 atom stereocenters. The number of carbonyl (C=O) groups is 1. The van der Waals surface area contributed by atoms with Gasteiger partial charge in [0.05, 0.1) is 12.3 Å². The van der Waals surface area contributed by atoms with Crippen molar-refractivity contribution in [1.82, 2.24) is 29.6 Å². The summed E-state index contributed by atoms with van der Waals surface area (Å²) in [4.78, 5) is 12.7. The number of hydrogen-bond donors (Lipinski definition) is 1. The molecule has 0 spiro atoms. The van der Waals surface area contributed by atoms with E-state index in [1.807, 2.05) is 43.3 Å². The van der Waals surface area contributed by atoms with Crippen molar-refractivity contribution in [1.29, 1.82) is 0 Å². The van der Waals surface area contributed by atoms with E-state index in [4.69, 9.17) is 9.84 Å². The highest BCUT2D eigenvalue weighted by Gasteiger charge is 2.34. The fourth-order valence-corrected chi connectivity index (χ4v) is 3.92. The third-order valence-electron chi connectivity index (χ3n) is 5.22. The second-order valence-corrected chi connectivity index (χ2v) is 7.28. The van der Waals surface area contributed by atoms with E-state index in [0.29, 0.717) is 30.3 Å². The summed E-state index contributed by atoms with van der Waals surface area (Å²) in [5.41, 5.74) is 3.45. The van der Waals surface area contributed by atoms with Gasteiger partial charge in [0, 0.05) is 23.5 Å². The molecule has 4 aromatic rings. The summed E-state index contributed by atoms with van der Waals surface area (Å²) in [5, 5.41) is 20.1. The van der Waals surface area contributed by atoms with Gasteiger partial charge in [-0.3, -0.25) is 4.79 Å². The molecule has 0 fully saturated rings. The molecule has 5 rings (SSSR count). The van der Waals surface area contributed by atoms with Crippen LogP contribution in [0.2, 0.25) is 0 Å². The topological polar surface area (TPSA) is 99.2 Å². The van der Waals surface area contributed by atoms with Crippen LogP contribution < -0.4 is 10.1 Å². The molecule has 0 saturated carbocycles. The predicted molar refractivity (Wildman–Crippen MR) is 110 cm³/mol.